The quantitative estimate of drug-likeness (QED) is 0.711. The van der Waals surface area contributed by atoms with E-state index in [1.807, 2.05) is 12.1 Å². The van der Waals surface area contributed by atoms with E-state index in [1.165, 1.54) is 22.9 Å². The van der Waals surface area contributed by atoms with E-state index >= 15 is 0 Å². The molecule has 1 aliphatic carbocycles. The minimum atomic E-state index is -0.542. The first-order chi connectivity index (χ1) is 13.6. The zero-order chi connectivity index (χ0) is 19.9. The number of aromatic nitrogens is 4. The van der Waals surface area contributed by atoms with Crippen molar-refractivity contribution >= 4 is 23.7 Å². The first-order valence-corrected chi connectivity index (χ1v) is 10.2. The molecule has 0 saturated heterocycles. The molecule has 10 heteroatoms. The number of hydrogen-bond acceptors (Lipinski definition) is 7. The number of methoxy groups -OCH3 is 1. The molecule has 28 heavy (non-hydrogen) atoms. The molecule has 1 aromatic heterocycles. The molecule has 1 heterocycles. The summed E-state index contributed by atoms with van der Waals surface area (Å²) in [6.07, 6.45) is 5.35. The average Bonchev–Trinajstić information content (AvgIpc) is 3.16. The number of imide groups is 1. The Balaban J connectivity index is 1.56. The van der Waals surface area contributed by atoms with Gasteiger partial charge in [0.2, 0.25) is 11.1 Å². The normalized spacial score (nSPS) is 15.6. The van der Waals surface area contributed by atoms with E-state index in [0.717, 1.165) is 37.1 Å². The number of rotatable bonds is 6. The third-order valence-corrected chi connectivity index (χ3v) is 5.62. The number of carbonyl (C=O) groups excluding carboxylic acids is 2. The van der Waals surface area contributed by atoms with Gasteiger partial charge in [-0.1, -0.05) is 31.0 Å². The second kappa shape index (κ2) is 9.54. The molecule has 3 amide bonds. The number of nitrogens with one attached hydrogen (secondary N) is 2. The zero-order valence-electron chi connectivity index (χ0n) is 15.9. The maximum absolute atomic E-state index is 12.4. The van der Waals surface area contributed by atoms with E-state index in [0.29, 0.717) is 5.16 Å². The molecule has 3 rings (SSSR count). The van der Waals surface area contributed by atoms with Gasteiger partial charge >= 0.3 is 6.03 Å². The summed E-state index contributed by atoms with van der Waals surface area (Å²) < 4.78 is 6.68. The maximum atomic E-state index is 12.4. The highest BCUT2D eigenvalue weighted by atomic mass is 32.2. The summed E-state index contributed by atoms with van der Waals surface area (Å²) in [5, 5.41) is 16.9. The molecule has 0 spiro atoms. The lowest BCUT2D eigenvalue weighted by Gasteiger charge is -2.23. The fraction of sp³-hybridized carbons (Fsp3) is 0.500. The van der Waals surface area contributed by atoms with E-state index in [2.05, 4.69) is 26.2 Å². The van der Waals surface area contributed by atoms with Crippen LogP contribution in [0.25, 0.3) is 5.69 Å². The zero-order valence-corrected chi connectivity index (χ0v) is 16.7. The summed E-state index contributed by atoms with van der Waals surface area (Å²) in [5.74, 6) is 0.338. The smallest absolute Gasteiger partial charge is 0.321 e. The first-order valence-electron chi connectivity index (χ1n) is 9.27. The highest BCUT2D eigenvalue weighted by Gasteiger charge is 2.22. The Labute approximate surface area is 167 Å². The lowest BCUT2D eigenvalue weighted by Crippen LogP contribution is -2.47. The van der Waals surface area contributed by atoms with Gasteiger partial charge in [-0.2, -0.15) is 4.68 Å². The number of benzene rings is 1. The van der Waals surface area contributed by atoms with E-state index in [1.54, 1.807) is 26.2 Å². The molecule has 9 nitrogen and oxygen atoms in total. The van der Waals surface area contributed by atoms with Crippen molar-refractivity contribution in [1.29, 1.82) is 0 Å². The summed E-state index contributed by atoms with van der Waals surface area (Å²) in [4.78, 5) is 24.4. The van der Waals surface area contributed by atoms with Gasteiger partial charge in [0.05, 0.1) is 18.0 Å². The van der Waals surface area contributed by atoms with Gasteiger partial charge in [-0.15, -0.1) is 5.10 Å². The van der Waals surface area contributed by atoms with E-state index in [-0.39, 0.29) is 11.9 Å². The summed E-state index contributed by atoms with van der Waals surface area (Å²) in [6, 6.07) is 6.95. The summed E-state index contributed by atoms with van der Waals surface area (Å²) in [5.41, 5.74) is 0.746. The van der Waals surface area contributed by atoms with Crippen LogP contribution in [0.2, 0.25) is 0 Å². The van der Waals surface area contributed by atoms with E-state index in [4.69, 9.17) is 4.74 Å². The van der Waals surface area contributed by atoms with Crippen LogP contribution in [0.5, 0.6) is 5.75 Å². The molecular weight excluding hydrogens is 380 g/mol. The van der Waals surface area contributed by atoms with Crippen LogP contribution in [-0.4, -0.2) is 50.5 Å². The van der Waals surface area contributed by atoms with Gasteiger partial charge in [0.25, 0.3) is 0 Å². The Morgan fingerprint density at radius 3 is 2.61 bits per heavy atom. The molecular formula is C18H24N6O3S. The Morgan fingerprint density at radius 2 is 1.93 bits per heavy atom. The van der Waals surface area contributed by atoms with E-state index in [9.17, 15) is 9.59 Å². The molecule has 0 aliphatic heterocycles. The summed E-state index contributed by atoms with van der Waals surface area (Å²) in [6.45, 7) is 1.71. The predicted octanol–water partition coefficient (Wildman–Crippen LogP) is 2.31. The van der Waals surface area contributed by atoms with Gasteiger partial charge in [0.1, 0.15) is 5.75 Å². The molecule has 150 valence electrons. The van der Waals surface area contributed by atoms with Gasteiger partial charge in [0, 0.05) is 6.04 Å². The minimum Gasteiger partial charge on any atom is -0.497 e. The predicted molar refractivity (Wildman–Crippen MR) is 105 cm³/mol. The summed E-state index contributed by atoms with van der Waals surface area (Å²) >= 11 is 1.18. The van der Waals surface area contributed by atoms with Crippen molar-refractivity contribution < 1.29 is 14.3 Å². The van der Waals surface area contributed by atoms with E-state index < -0.39 is 11.3 Å². The second-order valence-electron chi connectivity index (χ2n) is 6.63. The summed E-state index contributed by atoms with van der Waals surface area (Å²) in [7, 11) is 1.60. The number of ether oxygens (including phenoxy) is 1. The molecule has 0 bridgehead atoms. The Morgan fingerprint density at radius 1 is 1.21 bits per heavy atom. The van der Waals surface area contributed by atoms with Crippen molar-refractivity contribution in [2.75, 3.05) is 7.11 Å². The molecule has 0 unspecified atom stereocenters. The molecule has 1 aromatic carbocycles. The van der Waals surface area contributed by atoms with Crippen molar-refractivity contribution in [3.63, 3.8) is 0 Å². The number of thioether (sulfide) groups is 1. The monoisotopic (exact) mass is 404 g/mol. The second-order valence-corrected chi connectivity index (χ2v) is 7.94. The number of carbonyl (C=O) groups is 2. The van der Waals surface area contributed by atoms with Crippen molar-refractivity contribution in [1.82, 2.24) is 30.8 Å². The maximum Gasteiger partial charge on any atom is 0.321 e. The molecule has 1 aliphatic rings. The lowest BCUT2D eigenvalue weighted by atomic mass is 9.96. The van der Waals surface area contributed by atoms with Crippen molar-refractivity contribution in [2.45, 2.75) is 55.5 Å². The molecule has 2 N–H and O–H groups in total. The van der Waals surface area contributed by atoms with Crippen LogP contribution in [-0.2, 0) is 4.79 Å². The minimum absolute atomic E-state index is 0.145. The number of nitrogens with zero attached hydrogens (tertiary/aromatic N) is 4. The largest absolute Gasteiger partial charge is 0.497 e. The number of tetrazole rings is 1. The Hall–Kier alpha value is -2.62. The van der Waals surface area contributed by atoms with Gasteiger partial charge in [0.15, 0.2) is 0 Å². The standard InChI is InChI=1S/C18H24N6O3S/c1-12(16(25)20-17(26)19-13-6-4-3-5-7-13)28-18-21-22-23-24(18)14-8-10-15(27-2)11-9-14/h8-13H,3-7H2,1-2H3,(H2,19,20,25,26)/t12-/m1/s1. The van der Waals surface area contributed by atoms with Crippen LogP contribution in [0.3, 0.4) is 0 Å². The van der Waals surface area contributed by atoms with Crippen molar-refractivity contribution in [3.8, 4) is 11.4 Å². The van der Waals surface area contributed by atoms with Gasteiger partial charge in [-0.25, -0.2) is 4.79 Å². The molecule has 0 radical (unpaired) electrons. The van der Waals surface area contributed by atoms with Crippen LogP contribution in [0.15, 0.2) is 29.4 Å². The van der Waals surface area contributed by atoms with Gasteiger partial charge in [-0.05, 0) is 54.5 Å². The number of hydrogen-bond donors (Lipinski definition) is 2. The van der Waals surface area contributed by atoms with Gasteiger partial charge < -0.3 is 10.1 Å². The van der Waals surface area contributed by atoms with Crippen molar-refractivity contribution in [3.05, 3.63) is 24.3 Å². The molecule has 2 aromatic rings. The first kappa shape index (κ1) is 20.1. The van der Waals surface area contributed by atoms with Crippen LogP contribution in [0, 0.1) is 0 Å². The average molecular weight is 404 g/mol. The Kier molecular flexibility index (Phi) is 6.85. The highest BCUT2D eigenvalue weighted by Crippen LogP contribution is 2.24. The fourth-order valence-electron chi connectivity index (χ4n) is 3.03. The van der Waals surface area contributed by atoms with Crippen LogP contribution in [0.1, 0.15) is 39.0 Å². The molecule has 1 atom stereocenters. The Bertz CT molecular complexity index is 804. The van der Waals surface area contributed by atoms with Crippen LogP contribution in [0.4, 0.5) is 4.79 Å². The SMILES string of the molecule is COc1ccc(-n2nnnc2S[C@H](C)C(=O)NC(=O)NC2CCCCC2)cc1. The molecule has 1 fully saturated rings. The molecule has 1 saturated carbocycles. The third kappa shape index (κ3) is 5.22. The van der Waals surface area contributed by atoms with Crippen LogP contribution < -0.4 is 15.4 Å². The lowest BCUT2D eigenvalue weighted by molar-refractivity contribution is -0.119. The van der Waals surface area contributed by atoms with Gasteiger partial charge in [-0.3, -0.25) is 10.1 Å². The van der Waals surface area contributed by atoms with Crippen LogP contribution >= 0.6 is 11.8 Å². The topological polar surface area (TPSA) is 111 Å². The van der Waals surface area contributed by atoms with Crippen molar-refractivity contribution in [2.24, 2.45) is 0 Å². The fourth-order valence-corrected chi connectivity index (χ4v) is 3.84. The third-order valence-electron chi connectivity index (χ3n) is 4.59. The number of urea groups is 1. The highest BCUT2D eigenvalue weighted by molar-refractivity contribution is 8.00. The number of amides is 3.